The Morgan fingerprint density at radius 3 is 2.00 bits per heavy atom. The first-order valence-corrected chi connectivity index (χ1v) is 14.9. The fourth-order valence-electron chi connectivity index (χ4n) is 4.75. The molecule has 0 aromatic carbocycles. The summed E-state index contributed by atoms with van der Waals surface area (Å²) >= 11 is 0. The zero-order valence-corrected chi connectivity index (χ0v) is 24.1. The van der Waals surface area contributed by atoms with E-state index < -0.39 is 48.6 Å². The Morgan fingerprint density at radius 2 is 1.45 bits per heavy atom. The van der Waals surface area contributed by atoms with Crippen LogP contribution in [0.5, 0.6) is 0 Å². The SMILES string of the molecule is CCCCCCCCCC(=O)OC[C@H]1O[C@@H](n2ccc(N)nc2=O)C(F)(F)[C@@H]1OC(=O)CCCCCCCCC. The molecule has 2 N–H and O–H groups in total. The Balaban J connectivity index is 1.97. The summed E-state index contributed by atoms with van der Waals surface area (Å²) in [6.07, 6.45) is 9.55. The highest BCUT2D eigenvalue weighted by Crippen LogP contribution is 2.44. The molecule has 1 aromatic heterocycles. The molecule has 0 unspecified atom stereocenters. The topological polar surface area (TPSA) is 123 Å². The van der Waals surface area contributed by atoms with E-state index in [1.54, 1.807) is 0 Å². The van der Waals surface area contributed by atoms with E-state index in [0.717, 1.165) is 70.4 Å². The highest BCUT2D eigenvalue weighted by Gasteiger charge is 2.62. The third-order valence-electron chi connectivity index (χ3n) is 7.09. The minimum absolute atomic E-state index is 0.0147. The van der Waals surface area contributed by atoms with Crippen LogP contribution in [0.15, 0.2) is 17.1 Å². The smallest absolute Gasteiger partial charge is 0.351 e. The molecule has 1 aromatic rings. The predicted octanol–water partition coefficient (Wildman–Crippen LogP) is 6.09. The maximum Gasteiger partial charge on any atom is 0.351 e. The van der Waals surface area contributed by atoms with Crippen LogP contribution in [-0.4, -0.2) is 46.2 Å². The molecule has 1 saturated heterocycles. The number of hydrogen-bond acceptors (Lipinski definition) is 8. The first kappa shape index (κ1) is 33.6. The van der Waals surface area contributed by atoms with Crippen molar-refractivity contribution in [3.05, 3.63) is 22.7 Å². The van der Waals surface area contributed by atoms with E-state index in [-0.39, 0.29) is 18.7 Å². The number of hydrogen-bond donors (Lipinski definition) is 1. The standard InChI is InChI=1S/C29H47F2N3O6/c1-3-5-7-9-11-13-15-17-24(35)38-21-22-26(40-25(36)18-16-14-12-10-8-6-4-2)29(30,31)27(39-22)34-20-19-23(32)33-28(34)37/h19-20,22,26-27H,3-18,21H2,1-2H3,(H2,32,33,37)/t22-,26-,27-/m1/s1. The summed E-state index contributed by atoms with van der Waals surface area (Å²) in [4.78, 5) is 40.6. The number of alkyl halides is 2. The maximum atomic E-state index is 15.6. The molecule has 1 aliphatic rings. The molecule has 0 bridgehead atoms. The number of halogens is 2. The maximum absolute atomic E-state index is 15.6. The van der Waals surface area contributed by atoms with E-state index in [4.69, 9.17) is 19.9 Å². The molecule has 0 aliphatic carbocycles. The van der Waals surface area contributed by atoms with E-state index in [1.165, 1.54) is 18.9 Å². The lowest BCUT2D eigenvalue weighted by Crippen LogP contribution is -2.44. The molecule has 11 heteroatoms. The van der Waals surface area contributed by atoms with Crippen LogP contribution in [0.3, 0.4) is 0 Å². The van der Waals surface area contributed by atoms with Gasteiger partial charge in [-0.05, 0) is 18.9 Å². The molecule has 2 heterocycles. The lowest BCUT2D eigenvalue weighted by Gasteiger charge is -2.24. The number of esters is 2. The van der Waals surface area contributed by atoms with E-state index in [9.17, 15) is 14.4 Å². The summed E-state index contributed by atoms with van der Waals surface area (Å²) in [7, 11) is 0. The van der Waals surface area contributed by atoms with Gasteiger partial charge in [-0.2, -0.15) is 13.8 Å². The average Bonchev–Trinajstić information content (AvgIpc) is 3.15. The molecule has 0 spiro atoms. The lowest BCUT2D eigenvalue weighted by molar-refractivity contribution is -0.177. The van der Waals surface area contributed by atoms with Gasteiger partial charge in [0.05, 0.1) is 0 Å². The monoisotopic (exact) mass is 571 g/mol. The van der Waals surface area contributed by atoms with E-state index in [0.29, 0.717) is 17.4 Å². The Labute approximate surface area is 236 Å². The molecule has 2 rings (SSSR count). The Kier molecular flexibility index (Phi) is 15.1. The van der Waals surface area contributed by atoms with Crippen molar-refractivity contribution in [3.8, 4) is 0 Å². The van der Waals surface area contributed by atoms with E-state index in [1.807, 2.05) is 0 Å². The number of ether oxygens (including phenoxy) is 3. The van der Waals surface area contributed by atoms with Crippen molar-refractivity contribution in [1.29, 1.82) is 0 Å². The second kappa shape index (κ2) is 18.0. The molecule has 0 saturated carbocycles. The van der Waals surface area contributed by atoms with E-state index >= 15 is 8.78 Å². The fraction of sp³-hybridized carbons (Fsp3) is 0.793. The Bertz CT molecular complexity index is 958. The van der Waals surface area contributed by atoms with Crippen LogP contribution in [-0.2, 0) is 23.8 Å². The van der Waals surface area contributed by atoms with Gasteiger partial charge in [0.2, 0.25) is 6.23 Å². The zero-order chi connectivity index (χ0) is 29.4. The van der Waals surface area contributed by atoms with Crippen molar-refractivity contribution in [2.45, 2.75) is 141 Å². The Hall–Kier alpha value is -2.56. The van der Waals surface area contributed by atoms with Crippen LogP contribution in [0.2, 0.25) is 0 Å². The van der Waals surface area contributed by atoms with Gasteiger partial charge in [0, 0.05) is 19.0 Å². The number of aromatic nitrogens is 2. The molecular weight excluding hydrogens is 524 g/mol. The van der Waals surface area contributed by atoms with Gasteiger partial charge in [-0.25, -0.2) is 4.79 Å². The average molecular weight is 572 g/mol. The molecule has 0 amide bonds. The van der Waals surface area contributed by atoms with Crippen molar-refractivity contribution < 1.29 is 32.6 Å². The van der Waals surface area contributed by atoms with Gasteiger partial charge < -0.3 is 19.9 Å². The highest BCUT2D eigenvalue weighted by atomic mass is 19.3. The number of anilines is 1. The minimum atomic E-state index is -3.78. The Morgan fingerprint density at radius 1 is 0.925 bits per heavy atom. The summed E-state index contributed by atoms with van der Waals surface area (Å²) in [6.45, 7) is 3.75. The van der Waals surface area contributed by atoms with Crippen molar-refractivity contribution in [2.75, 3.05) is 12.3 Å². The second-order valence-corrected chi connectivity index (χ2v) is 10.6. The van der Waals surface area contributed by atoms with Crippen LogP contribution < -0.4 is 11.4 Å². The van der Waals surface area contributed by atoms with Crippen LogP contribution in [0, 0.1) is 0 Å². The first-order chi connectivity index (χ1) is 19.2. The van der Waals surface area contributed by atoms with Crippen molar-refractivity contribution in [3.63, 3.8) is 0 Å². The lowest BCUT2D eigenvalue weighted by atomic mass is 10.1. The van der Waals surface area contributed by atoms with E-state index in [2.05, 4.69) is 18.8 Å². The van der Waals surface area contributed by atoms with Crippen molar-refractivity contribution in [1.82, 2.24) is 9.55 Å². The van der Waals surface area contributed by atoms with Crippen LogP contribution >= 0.6 is 0 Å². The molecule has 228 valence electrons. The van der Waals surface area contributed by atoms with Gasteiger partial charge in [-0.15, -0.1) is 0 Å². The van der Waals surface area contributed by atoms with Gasteiger partial charge in [0.15, 0.2) is 6.10 Å². The second-order valence-electron chi connectivity index (χ2n) is 10.6. The summed E-state index contributed by atoms with van der Waals surface area (Å²) in [5.41, 5.74) is 4.45. The van der Waals surface area contributed by atoms with Crippen molar-refractivity contribution >= 4 is 17.8 Å². The largest absolute Gasteiger partial charge is 0.463 e. The molecule has 9 nitrogen and oxygen atoms in total. The number of nitrogen functional groups attached to an aromatic ring is 1. The predicted molar refractivity (Wildman–Crippen MR) is 148 cm³/mol. The molecule has 3 atom stereocenters. The number of nitrogens with zero attached hydrogens (tertiary/aromatic N) is 2. The quantitative estimate of drug-likeness (QED) is 0.147. The third-order valence-corrected chi connectivity index (χ3v) is 7.09. The number of carbonyl (C=O) groups excluding carboxylic acids is 2. The molecule has 1 aliphatic heterocycles. The van der Waals surface area contributed by atoms with Crippen LogP contribution in [0.1, 0.15) is 123 Å². The first-order valence-electron chi connectivity index (χ1n) is 14.9. The van der Waals surface area contributed by atoms with Gasteiger partial charge in [-0.1, -0.05) is 90.9 Å². The van der Waals surface area contributed by atoms with Crippen LogP contribution in [0.25, 0.3) is 0 Å². The van der Waals surface area contributed by atoms with Gasteiger partial charge in [-0.3, -0.25) is 14.2 Å². The number of unbranched alkanes of at least 4 members (excludes halogenated alkanes) is 12. The normalized spacial score (nSPS) is 19.9. The number of nitrogens with two attached hydrogens (primary N) is 1. The molecule has 1 fully saturated rings. The third kappa shape index (κ3) is 11.1. The fourth-order valence-corrected chi connectivity index (χ4v) is 4.75. The molecule has 0 radical (unpaired) electrons. The number of carbonyl (C=O) groups is 2. The van der Waals surface area contributed by atoms with Gasteiger partial charge in [0.25, 0.3) is 0 Å². The molecular formula is C29H47F2N3O6. The zero-order valence-electron chi connectivity index (χ0n) is 24.1. The summed E-state index contributed by atoms with van der Waals surface area (Å²) in [6, 6.07) is 1.19. The minimum Gasteiger partial charge on any atom is -0.463 e. The summed E-state index contributed by atoms with van der Waals surface area (Å²) < 4.78 is 47.6. The van der Waals surface area contributed by atoms with Gasteiger partial charge in [0.1, 0.15) is 18.5 Å². The van der Waals surface area contributed by atoms with Gasteiger partial charge >= 0.3 is 23.6 Å². The van der Waals surface area contributed by atoms with Crippen LogP contribution in [0.4, 0.5) is 14.6 Å². The highest BCUT2D eigenvalue weighted by molar-refractivity contribution is 5.70. The summed E-state index contributed by atoms with van der Waals surface area (Å²) in [5.74, 6) is -5.24. The van der Waals surface area contributed by atoms with Crippen molar-refractivity contribution in [2.24, 2.45) is 0 Å². The summed E-state index contributed by atoms with van der Waals surface area (Å²) in [5, 5.41) is 0. The molecule has 40 heavy (non-hydrogen) atoms. The number of rotatable bonds is 20.